The predicted octanol–water partition coefficient (Wildman–Crippen LogP) is 5.83. The van der Waals surface area contributed by atoms with Gasteiger partial charge in [-0.1, -0.05) is 60.1 Å². The summed E-state index contributed by atoms with van der Waals surface area (Å²) >= 11 is 6.10. The maximum atomic E-state index is 13.4. The lowest BCUT2D eigenvalue weighted by Crippen LogP contribution is -2.47. The second-order valence-corrected chi connectivity index (χ2v) is 14.4. The van der Waals surface area contributed by atoms with E-state index >= 15 is 0 Å². The number of rotatable bonds is 7. The quantitative estimate of drug-likeness (QED) is 0.231. The van der Waals surface area contributed by atoms with Gasteiger partial charge in [-0.05, 0) is 59.4 Å². The number of anilines is 3. The molecule has 1 aliphatic carbocycles. The summed E-state index contributed by atoms with van der Waals surface area (Å²) in [4.78, 5) is 30.9. The van der Waals surface area contributed by atoms with Gasteiger partial charge in [-0.2, -0.15) is 4.98 Å². The summed E-state index contributed by atoms with van der Waals surface area (Å²) in [6, 6.07) is 24.7. The number of carbonyl (C=O) groups is 1. The monoisotopic (exact) mass is 653 g/mol. The molecular weight excluding hydrogens is 618 g/mol. The van der Waals surface area contributed by atoms with Crippen molar-refractivity contribution in [2.75, 3.05) is 59.8 Å². The zero-order chi connectivity index (χ0) is 31.2. The van der Waals surface area contributed by atoms with Crippen molar-refractivity contribution < 1.29 is 13.7 Å². The summed E-state index contributed by atoms with van der Waals surface area (Å²) in [6.07, 6.45) is 2.77. The van der Waals surface area contributed by atoms with Gasteiger partial charge in [0.1, 0.15) is 11.5 Å². The molecule has 2 saturated heterocycles. The van der Waals surface area contributed by atoms with Crippen LogP contribution in [0, 0.1) is 0 Å². The third kappa shape index (κ3) is 5.43. The highest BCUT2D eigenvalue weighted by atomic mass is 35.5. The molecule has 4 aromatic rings. The van der Waals surface area contributed by atoms with E-state index in [1.807, 2.05) is 24.3 Å². The SMILES string of the molecule is O=C(CC1CCCN1c1nc(N2CCN(c3ccc(Cl)cc3)CC2)nc2c1[S@@](=O)CC2)OCC1c2ccccc2-c2ccccc21. The Hall–Kier alpha value is -3.95. The number of carbonyl (C=O) groups excluding carboxylic acids is 1. The van der Waals surface area contributed by atoms with Crippen molar-refractivity contribution in [1.82, 2.24) is 9.97 Å². The van der Waals surface area contributed by atoms with Gasteiger partial charge in [0.05, 0.1) is 22.9 Å². The van der Waals surface area contributed by atoms with Gasteiger partial charge >= 0.3 is 5.97 Å². The topological polar surface area (TPSA) is 78.9 Å². The van der Waals surface area contributed by atoms with Crippen molar-refractivity contribution in [2.24, 2.45) is 0 Å². The van der Waals surface area contributed by atoms with Crippen LogP contribution in [0.1, 0.15) is 42.0 Å². The summed E-state index contributed by atoms with van der Waals surface area (Å²) in [6.45, 7) is 4.35. The number of hydrogen-bond donors (Lipinski definition) is 0. The molecule has 0 amide bonds. The molecule has 1 unspecified atom stereocenters. The predicted molar refractivity (Wildman–Crippen MR) is 183 cm³/mol. The zero-order valence-electron chi connectivity index (χ0n) is 25.6. The van der Waals surface area contributed by atoms with Gasteiger partial charge in [0.2, 0.25) is 5.95 Å². The number of halogens is 1. The Bertz CT molecular complexity index is 1760. The van der Waals surface area contributed by atoms with E-state index in [0.717, 1.165) is 72.7 Å². The van der Waals surface area contributed by atoms with E-state index in [1.54, 1.807) is 0 Å². The molecule has 2 fully saturated rings. The first-order valence-electron chi connectivity index (χ1n) is 16.2. The number of ether oxygens (including phenoxy) is 1. The maximum absolute atomic E-state index is 13.4. The lowest BCUT2D eigenvalue weighted by atomic mass is 9.98. The number of nitrogens with zero attached hydrogens (tertiary/aromatic N) is 5. The number of fused-ring (bicyclic) bond motifs is 4. The number of hydrogen-bond acceptors (Lipinski definition) is 8. The second kappa shape index (κ2) is 12.3. The minimum Gasteiger partial charge on any atom is -0.465 e. The van der Waals surface area contributed by atoms with Crippen molar-refractivity contribution in [3.63, 3.8) is 0 Å². The highest BCUT2D eigenvalue weighted by Crippen LogP contribution is 2.44. The molecule has 0 saturated carbocycles. The molecule has 10 heteroatoms. The van der Waals surface area contributed by atoms with Crippen molar-refractivity contribution in [3.05, 3.63) is 94.6 Å². The number of benzene rings is 3. The second-order valence-electron chi connectivity index (χ2n) is 12.5. The van der Waals surface area contributed by atoms with Gasteiger partial charge < -0.3 is 19.4 Å². The molecule has 0 bridgehead atoms. The van der Waals surface area contributed by atoms with E-state index in [0.29, 0.717) is 24.7 Å². The molecule has 236 valence electrons. The van der Waals surface area contributed by atoms with Gasteiger partial charge in [0.25, 0.3) is 0 Å². The highest BCUT2D eigenvalue weighted by molar-refractivity contribution is 7.85. The van der Waals surface area contributed by atoms with Crippen LogP contribution in [0.2, 0.25) is 5.02 Å². The van der Waals surface area contributed by atoms with E-state index < -0.39 is 10.8 Å². The van der Waals surface area contributed by atoms with Crippen LogP contribution in [0.25, 0.3) is 11.1 Å². The molecule has 4 aliphatic rings. The average molecular weight is 654 g/mol. The lowest BCUT2D eigenvalue weighted by Gasteiger charge is -2.37. The minimum absolute atomic E-state index is 0.0336. The van der Waals surface area contributed by atoms with Crippen molar-refractivity contribution in [1.29, 1.82) is 0 Å². The average Bonchev–Trinajstić information content (AvgIpc) is 3.79. The van der Waals surface area contributed by atoms with Crippen LogP contribution in [-0.4, -0.2) is 71.3 Å². The van der Waals surface area contributed by atoms with Crippen LogP contribution in [0.3, 0.4) is 0 Å². The summed E-state index contributed by atoms with van der Waals surface area (Å²) < 4.78 is 19.2. The Morgan fingerprint density at radius 3 is 2.26 bits per heavy atom. The third-order valence-corrected chi connectivity index (χ3v) is 11.5. The first-order valence-corrected chi connectivity index (χ1v) is 17.9. The fourth-order valence-corrected chi connectivity index (χ4v) is 9.00. The van der Waals surface area contributed by atoms with Crippen molar-refractivity contribution >= 4 is 45.8 Å². The normalized spacial score (nSPS) is 20.5. The van der Waals surface area contributed by atoms with E-state index in [9.17, 15) is 9.00 Å². The van der Waals surface area contributed by atoms with Gasteiger partial charge in [0.15, 0.2) is 5.82 Å². The number of aromatic nitrogens is 2. The van der Waals surface area contributed by atoms with Crippen molar-refractivity contribution in [3.8, 4) is 11.1 Å². The van der Waals surface area contributed by atoms with E-state index in [1.165, 1.54) is 22.3 Å². The van der Waals surface area contributed by atoms with Crippen LogP contribution >= 0.6 is 11.6 Å². The van der Waals surface area contributed by atoms with Gasteiger partial charge in [-0.15, -0.1) is 0 Å². The molecule has 4 heterocycles. The van der Waals surface area contributed by atoms with Crippen LogP contribution in [0.4, 0.5) is 17.5 Å². The molecule has 2 atom stereocenters. The van der Waals surface area contributed by atoms with Crippen LogP contribution in [-0.2, 0) is 26.8 Å². The van der Waals surface area contributed by atoms with E-state index in [2.05, 4.69) is 63.2 Å². The Balaban J connectivity index is 0.976. The van der Waals surface area contributed by atoms with Crippen molar-refractivity contribution in [2.45, 2.75) is 42.5 Å². The summed E-state index contributed by atoms with van der Waals surface area (Å²) in [5, 5.41) is 0.734. The fourth-order valence-electron chi connectivity index (χ4n) is 7.51. The molecule has 46 heavy (non-hydrogen) atoms. The van der Waals surface area contributed by atoms with E-state index in [-0.39, 0.29) is 24.3 Å². The summed E-state index contributed by atoms with van der Waals surface area (Å²) in [5.41, 5.74) is 6.88. The Labute approximate surface area is 276 Å². The third-order valence-electron chi connectivity index (χ3n) is 9.84. The maximum Gasteiger partial charge on any atom is 0.307 e. The van der Waals surface area contributed by atoms with Gasteiger partial charge in [0, 0.05) is 67.6 Å². The smallest absolute Gasteiger partial charge is 0.307 e. The van der Waals surface area contributed by atoms with Crippen LogP contribution < -0.4 is 14.7 Å². The summed E-state index contributed by atoms with van der Waals surface area (Å²) in [5.74, 6) is 1.82. The molecule has 1 aromatic heterocycles. The minimum atomic E-state index is -1.15. The molecule has 8 nitrogen and oxygen atoms in total. The molecule has 0 N–H and O–H groups in total. The Kier molecular flexibility index (Phi) is 7.90. The first-order chi connectivity index (χ1) is 22.5. The molecule has 3 aromatic carbocycles. The Morgan fingerprint density at radius 2 is 1.54 bits per heavy atom. The molecule has 3 aliphatic heterocycles. The number of aryl methyl sites for hydroxylation is 1. The number of piperazine rings is 1. The molecular formula is C36H36ClN5O3S. The largest absolute Gasteiger partial charge is 0.465 e. The van der Waals surface area contributed by atoms with Crippen LogP contribution in [0.15, 0.2) is 77.7 Å². The summed E-state index contributed by atoms with van der Waals surface area (Å²) in [7, 11) is -1.15. The molecule has 8 rings (SSSR count). The standard InChI is InChI=1S/C36H36ClN5O3S/c37-24-11-13-25(14-12-24)40-17-19-41(20-18-40)36-38-32-15-21-46(44)34(32)35(39-36)42-16-5-6-26(42)22-33(43)45-23-31-29-9-3-1-7-27(29)28-8-2-4-10-30(28)31/h1-4,7-14,26,31H,5-6,15-23H2/t26?,46-/m0/s1. The zero-order valence-corrected chi connectivity index (χ0v) is 27.2. The number of esters is 1. The first kappa shape index (κ1) is 29.5. The van der Waals surface area contributed by atoms with E-state index in [4.69, 9.17) is 26.3 Å². The fraction of sp³-hybridized carbons (Fsp3) is 0.361. The molecule has 0 spiro atoms. The Morgan fingerprint density at radius 1 is 0.870 bits per heavy atom. The molecule has 0 radical (unpaired) electrons. The highest BCUT2D eigenvalue weighted by Gasteiger charge is 2.36. The van der Waals surface area contributed by atoms with Gasteiger partial charge in [-0.3, -0.25) is 9.00 Å². The van der Waals surface area contributed by atoms with Gasteiger partial charge in [-0.25, -0.2) is 4.98 Å². The van der Waals surface area contributed by atoms with Crippen LogP contribution in [0.5, 0.6) is 0 Å². The lowest BCUT2D eigenvalue weighted by molar-refractivity contribution is -0.144.